The van der Waals surface area contributed by atoms with E-state index in [0.29, 0.717) is 0 Å². The highest BCUT2D eigenvalue weighted by Crippen LogP contribution is 2.41. The number of benzene rings is 4. The van der Waals surface area contributed by atoms with E-state index in [0.717, 1.165) is 11.5 Å². The molecule has 6 rings (SSSR count). The Morgan fingerprint density at radius 3 is 2.03 bits per heavy atom. The van der Waals surface area contributed by atoms with Gasteiger partial charge >= 0.3 is 0 Å². The molecular weight excluding hydrogens is 377 g/mol. The molecular formula is C28H24BNO. The molecule has 2 nitrogen and oxygen atoms in total. The van der Waals surface area contributed by atoms with Gasteiger partial charge < -0.3 is 9.64 Å². The Bertz CT molecular complexity index is 1360. The molecule has 0 aromatic heterocycles. The van der Waals surface area contributed by atoms with Crippen molar-refractivity contribution in [3.63, 3.8) is 0 Å². The normalized spacial score (nSPS) is 13.3. The first kappa shape index (κ1) is 18.3. The van der Waals surface area contributed by atoms with Gasteiger partial charge in [-0.25, -0.2) is 0 Å². The van der Waals surface area contributed by atoms with Crippen molar-refractivity contribution in [3.05, 3.63) is 95.1 Å². The van der Waals surface area contributed by atoms with E-state index in [4.69, 9.17) is 4.74 Å². The van der Waals surface area contributed by atoms with Crippen molar-refractivity contribution in [3.8, 4) is 11.5 Å². The summed E-state index contributed by atoms with van der Waals surface area (Å²) in [6.07, 6.45) is 0. The van der Waals surface area contributed by atoms with Crippen molar-refractivity contribution < 1.29 is 4.74 Å². The van der Waals surface area contributed by atoms with Crippen LogP contribution in [0.1, 0.15) is 22.3 Å². The second-order valence-corrected chi connectivity index (χ2v) is 9.01. The fourth-order valence-corrected chi connectivity index (χ4v) is 5.10. The van der Waals surface area contributed by atoms with Crippen LogP contribution in [0.5, 0.6) is 11.5 Å². The Labute approximate surface area is 184 Å². The van der Waals surface area contributed by atoms with Gasteiger partial charge in [-0.1, -0.05) is 53.1 Å². The molecule has 0 spiro atoms. The van der Waals surface area contributed by atoms with Crippen LogP contribution in [0.25, 0.3) is 0 Å². The summed E-state index contributed by atoms with van der Waals surface area (Å²) in [5.74, 6) is 1.94. The van der Waals surface area contributed by atoms with Crippen molar-refractivity contribution >= 4 is 40.2 Å². The molecule has 0 radical (unpaired) electrons. The molecule has 0 unspecified atom stereocenters. The van der Waals surface area contributed by atoms with Crippen LogP contribution in [-0.4, -0.2) is 6.71 Å². The zero-order valence-corrected chi connectivity index (χ0v) is 18.4. The first-order chi connectivity index (χ1) is 15.0. The van der Waals surface area contributed by atoms with E-state index in [1.165, 1.54) is 55.7 Å². The summed E-state index contributed by atoms with van der Waals surface area (Å²) in [6, 6.07) is 26.7. The third-order valence-corrected chi connectivity index (χ3v) is 6.52. The highest BCUT2D eigenvalue weighted by Gasteiger charge is 2.41. The van der Waals surface area contributed by atoms with E-state index >= 15 is 0 Å². The lowest BCUT2D eigenvalue weighted by Gasteiger charge is -2.40. The largest absolute Gasteiger partial charge is 0.458 e. The smallest absolute Gasteiger partial charge is 0.256 e. The van der Waals surface area contributed by atoms with Crippen LogP contribution in [0.2, 0.25) is 0 Å². The summed E-state index contributed by atoms with van der Waals surface area (Å²) >= 11 is 0. The summed E-state index contributed by atoms with van der Waals surface area (Å²) in [7, 11) is 0. The standard InChI is InChI=1S/C28H24BNO/c1-17-5-9-21(10-6-17)30-24-11-7-18(2)13-22(24)29-23-14-19(3)8-12-26(23)31-27-16-20(4)15-25(30)28(27)29/h5-16H,1-4H3. The van der Waals surface area contributed by atoms with Gasteiger partial charge in [0.15, 0.2) is 0 Å². The summed E-state index contributed by atoms with van der Waals surface area (Å²) in [5.41, 5.74) is 12.5. The minimum absolute atomic E-state index is 0.172. The van der Waals surface area contributed by atoms with Gasteiger partial charge in [0.25, 0.3) is 6.71 Å². The molecule has 3 heteroatoms. The molecule has 2 aliphatic heterocycles. The van der Waals surface area contributed by atoms with Gasteiger partial charge in [-0.2, -0.15) is 0 Å². The number of ether oxygens (including phenoxy) is 1. The lowest BCUT2D eigenvalue weighted by atomic mass is 9.34. The maximum atomic E-state index is 6.48. The quantitative estimate of drug-likeness (QED) is 0.346. The molecule has 0 atom stereocenters. The predicted octanol–water partition coefficient (Wildman–Crippen LogP) is 5.33. The summed E-state index contributed by atoms with van der Waals surface area (Å²) in [5, 5.41) is 0. The average Bonchev–Trinajstić information content (AvgIpc) is 2.74. The van der Waals surface area contributed by atoms with Crippen molar-refractivity contribution in [2.75, 3.05) is 4.90 Å². The Balaban J connectivity index is 1.71. The molecule has 0 aliphatic carbocycles. The molecule has 0 N–H and O–H groups in total. The van der Waals surface area contributed by atoms with Crippen LogP contribution in [0.4, 0.5) is 17.1 Å². The predicted molar refractivity (Wildman–Crippen MR) is 131 cm³/mol. The summed E-state index contributed by atoms with van der Waals surface area (Å²) < 4.78 is 6.48. The highest BCUT2D eigenvalue weighted by atomic mass is 16.5. The monoisotopic (exact) mass is 401 g/mol. The fourth-order valence-electron chi connectivity index (χ4n) is 5.10. The van der Waals surface area contributed by atoms with Crippen LogP contribution in [0.15, 0.2) is 72.8 Å². The summed E-state index contributed by atoms with van der Waals surface area (Å²) in [6.45, 7) is 8.79. The molecule has 0 fully saturated rings. The molecule has 150 valence electrons. The lowest BCUT2D eigenvalue weighted by molar-refractivity contribution is 0.487. The molecule has 2 aliphatic rings. The fraction of sp³-hybridized carbons (Fsp3) is 0.143. The van der Waals surface area contributed by atoms with Crippen molar-refractivity contribution in [2.45, 2.75) is 27.7 Å². The van der Waals surface area contributed by atoms with E-state index in [1.807, 2.05) is 0 Å². The SMILES string of the molecule is Cc1ccc(N2c3ccc(C)cc3B3c4cc(C)ccc4Oc4cc(C)cc2c43)cc1. The minimum Gasteiger partial charge on any atom is -0.458 e. The van der Waals surface area contributed by atoms with Crippen molar-refractivity contribution in [1.29, 1.82) is 0 Å². The number of anilines is 3. The topological polar surface area (TPSA) is 12.5 Å². The van der Waals surface area contributed by atoms with Crippen molar-refractivity contribution in [2.24, 2.45) is 0 Å². The van der Waals surface area contributed by atoms with Crippen LogP contribution in [0.3, 0.4) is 0 Å². The van der Waals surface area contributed by atoms with Gasteiger partial charge in [-0.05, 0) is 86.0 Å². The van der Waals surface area contributed by atoms with E-state index < -0.39 is 0 Å². The molecule has 2 heterocycles. The third-order valence-electron chi connectivity index (χ3n) is 6.52. The molecule has 4 aromatic carbocycles. The third kappa shape index (κ3) is 2.73. The van der Waals surface area contributed by atoms with Gasteiger partial charge in [-0.3, -0.25) is 0 Å². The number of hydrogen-bond donors (Lipinski definition) is 0. The molecule has 0 amide bonds. The van der Waals surface area contributed by atoms with E-state index in [1.54, 1.807) is 0 Å². The first-order valence-electron chi connectivity index (χ1n) is 10.9. The van der Waals surface area contributed by atoms with Gasteiger partial charge in [0, 0.05) is 17.1 Å². The molecule has 0 saturated carbocycles. The van der Waals surface area contributed by atoms with Gasteiger partial charge in [0.2, 0.25) is 0 Å². The van der Waals surface area contributed by atoms with Crippen LogP contribution in [-0.2, 0) is 0 Å². The highest BCUT2D eigenvalue weighted by molar-refractivity contribution is 6.99. The van der Waals surface area contributed by atoms with Crippen molar-refractivity contribution in [1.82, 2.24) is 0 Å². The maximum absolute atomic E-state index is 6.48. The second-order valence-electron chi connectivity index (χ2n) is 9.01. The van der Waals surface area contributed by atoms with Gasteiger partial charge in [0.1, 0.15) is 11.5 Å². The maximum Gasteiger partial charge on any atom is 0.256 e. The number of aryl methyl sites for hydroxylation is 4. The Morgan fingerprint density at radius 2 is 1.26 bits per heavy atom. The molecule has 0 bridgehead atoms. The van der Waals surface area contributed by atoms with Crippen LogP contribution in [0, 0.1) is 27.7 Å². The van der Waals surface area contributed by atoms with Gasteiger partial charge in [-0.15, -0.1) is 0 Å². The van der Waals surface area contributed by atoms with Crippen LogP contribution < -0.4 is 26.0 Å². The van der Waals surface area contributed by atoms with Crippen LogP contribution >= 0.6 is 0 Å². The molecule has 31 heavy (non-hydrogen) atoms. The number of fused-ring (bicyclic) bond motifs is 4. The first-order valence-corrected chi connectivity index (χ1v) is 10.9. The zero-order chi connectivity index (χ0) is 21.3. The molecule has 0 saturated heterocycles. The number of rotatable bonds is 1. The van der Waals surface area contributed by atoms with Gasteiger partial charge in [0.05, 0.1) is 0 Å². The Morgan fingerprint density at radius 1 is 0.581 bits per heavy atom. The Kier molecular flexibility index (Phi) is 3.85. The molecule has 4 aromatic rings. The Hall–Kier alpha value is -3.46. The summed E-state index contributed by atoms with van der Waals surface area (Å²) in [4.78, 5) is 2.40. The average molecular weight is 401 g/mol. The zero-order valence-electron chi connectivity index (χ0n) is 18.4. The minimum atomic E-state index is 0.172. The lowest BCUT2D eigenvalue weighted by Crippen LogP contribution is -2.59. The van der Waals surface area contributed by atoms with E-state index in [-0.39, 0.29) is 6.71 Å². The number of nitrogens with zero attached hydrogens (tertiary/aromatic N) is 1. The second kappa shape index (κ2) is 6.52. The number of hydrogen-bond acceptors (Lipinski definition) is 2. The van der Waals surface area contributed by atoms with E-state index in [9.17, 15) is 0 Å². The van der Waals surface area contributed by atoms with E-state index in [2.05, 4.69) is 105 Å².